The minimum absolute atomic E-state index is 0.189. The summed E-state index contributed by atoms with van der Waals surface area (Å²) >= 11 is 3.62. The molecule has 0 fully saturated rings. The molecule has 3 aromatic carbocycles. The summed E-state index contributed by atoms with van der Waals surface area (Å²) in [5.41, 5.74) is 9.37. The highest BCUT2D eigenvalue weighted by Gasteiger charge is 2.22. The molecule has 32 heavy (non-hydrogen) atoms. The molecule has 0 aliphatic heterocycles. The first-order valence-electron chi connectivity index (χ1n) is 11.9. The molecule has 2 nitrogen and oxygen atoms in total. The van der Waals surface area contributed by atoms with E-state index in [1.165, 1.54) is 39.2 Å². The van der Waals surface area contributed by atoms with Crippen molar-refractivity contribution in [3.63, 3.8) is 0 Å². The SMILES string of the molecule is CCN(CC)c1ccc(C)c(C(c2ccc(Br)cc2)c2cc(N(CC)CC)ccc2C)c1. The van der Waals surface area contributed by atoms with E-state index in [1.807, 2.05) is 0 Å². The van der Waals surface area contributed by atoms with Crippen LogP contribution in [0.3, 0.4) is 0 Å². The molecular formula is C29H37BrN2. The highest BCUT2D eigenvalue weighted by Crippen LogP contribution is 2.39. The van der Waals surface area contributed by atoms with Gasteiger partial charge in [-0.25, -0.2) is 0 Å². The molecule has 3 rings (SSSR count). The van der Waals surface area contributed by atoms with Crippen LogP contribution in [0.1, 0.15) is 61.4 Å². The van der Waals surface area contributed by atoms with E-state index in [1.54, 1.807) is 0 Å². The lowest BCUT2D eigenvalue weighted by Crippen LogP contribution is -2.23. The molecule has 0 aliphatic rings. The number of nitrogens with zero attached hydrogens (tertiary/aromatic N) is 2. The smallest absolute Gasteiger partial charge is 0.0369 e. The second-order valence-corrected chi connectivity index (χ2v) is 9.33. The van der Waals surface area contributed by atoms with Gasteiger partial charge in [0, 0.05) is 47.9 Å². The van der Waals surface area contributed by atoms with Gasteiger partial charge in [-0.2, -0.15) is 0 Å². The lowest BCUT2D eigenvalue weighted by molar-refractivity contribution is 0.855. The van der Waals surface area contributed by atoms with Gasteiger partial charge in [0.05, 0.1) is 0 Å². The fraction of sp³-hybridized carbons (Fsp3) is 0.379. The third kappa shape index (κ3) is 5.20. The zero-order valence-corrected chi connectivity index (χ0v) is 22.0. The largest absolute Gasteiger partial charge is 0.372 e. The van der Waals surface area contributed by atoms with Gasteiger partial charge in [0.1, 0.15) is 0 Å². The van der Waals surface area contributed by atoms with Crippen LogP contribution in [-0.2, 0) is 0 Å². The van der Waals surface area contributed by atoms with Crippen LogP contribution in [0, 0.1) is 13.8 Å². The zero-order valence-electron chi connectivity index (χ0n) is 20.5. The molecule has 0 radical (unpaired) electrons. The molecule has 0 aliphatic carbocycles. The molecular weight excluding hydrogens is 456 g/mol. The van der Waals surface area contributed by atoms with Crippen molar-refractivity contribution >= 4 is 27.3 Å². The minimum atomic E-state index is 0.189. The summed E-state index contributed by atoms with van der Waals surface area (Å²) in [6, 6.07) is 22.8. The number of halogens is 1. The van der Waals surface area contributed by atoms with Gasteiger partial charge in [-0.15, -0.1) is 0 Å². The summed E-state index contributed by atoms with van der Waals surface area (Å²) in [4.78, 5) is 4.86. The van der Waals surface area contributed by atoms with Crippen molar-refractivity contribution in [2.45, 2.75) is 47.5 Å². The minimum Gasteiger partial charge on any atom is -0.372 e. The number of aryl methyl sites for hydroxylation is 2. The maximum Gasteiger partial charge on any atom is 0.0369 e. The van der Waals surface area contributed by atoms with E-state index in [0.717, 1.165) is 30.7 Å². The van der Waals surface area contributed by atoms with Crippen molar-refractivity contribution < 1.29 is 0 Å². The van der Waals surface area contributed by atoms with Crippen LogP contribution in [0.4, 0.5) is 11.4 Å². The summed E-state index contributed by atoms with van der Waals surface area (Å²) in [5, 5.41) is 0. The molecule has 0 unspecified atom stereocenters. The van der Waals surface area contributed by atoms with E-state index >= 15 is 0 Å². The number of anilines is 2. The van der Waals surface area contributed by atoms with Crippen molar-refractivity contribution in [2.24, 2.45) is 0 Å². The second-order valence-electron chi connectivity index (χ2n) is 8.41. The molecule has 0 heterocycles. The first-order chi connectivity index (χ1) is 15.4. The third-order valence-electron chi connectivity index (χ3n) is 6.61. The molecule has 3 aromatic rings. The predicted octanol–water partition coefficient (Wildman–Crippen LogP) is 7.94. The number of rotatable bonds is 9. The number of benzene rings is 3. The van der Waals surface area contributed by atoms with Gasteiger partial charge in [-0.3, -0.25) is 0 Å². The molecule has 0 atom stereocenters. The van der Waals surface area contributed by atoms with Gasteiger partial charge < -0.3 is 9.80 Å². The van der Waals surface area contributed by atoms with Gasteiger partial charge in [-0.1, -0.05) is 40.2 Å². The normalized spacial score (nSPS) is 11.1. The van der Waals surface area contributed by atoms with Gasteiger partial charge in [0.25, 0.3) is 0 Å². The molecule has 0 saturated carbocycles. The van der Waals surface area contributed by atoms with Crippen molar-refractivity contribution in [3.05, 3.63) is 93.0 Å². The summed E-state index contributed by atoms with van der Waals surface area (Å²) in [5.74, 6) is 0.189. The fourth-order valence-corrected chi connectivity index (χ4v) is 4.89. The van der Waals surface area contributed by atoms with Crippen LogP contribution in [-0.4, -0.2) is 26.2 Å². The van der Waals surface area contributed by atoms with E-state index in [0.29, 0.717) is 0 Å². The third-order valence-corrected chi connectivity index (χ3v) is 7.14. The van der Waals surface area contributed by atoms with E-state index < -0.39 is 0 Å². The molecule has 3 heteroatoms. The predicted molar refractivity (Wildman–Crippen MR) is 145 cm³/mol. The Labute approximate surface area is 203 Å². The van der Waals surface area contributed by atoms with Crippen molar-refractivity contribution in [2.75, 3.05) is 36.0 Å². The summed E-state index contributed by atoms with van der Waals surface area (Å²) in [6.45, 7) is 17.5. The fourth-order valence-electron chi connectivity index (χ4n) is 4.63. The van der Waals surface area contributed by atoms with Crippen LogP contribution in [0.5, 0.6) is 0 Å². The first kappa shape index (κ1) is 24.4. The van der Waals surface area contributed by atoms with E-state index in [4.69, 9.17) is 0 Å². The van der Waals surface area contributed by atoms with Crippen molar-refractivity contribution in [3.8, 4) is 0 Å². The Balaban J connectivity index is 2.25. The van der Waals surface area contributed by atoms with E-state index in [9.17, 15) is 0 Å². The molecule has 0 spiro atoms. The Morgan fingerprint density at radius 2 is 1.03 bits per heavy atom. The first-order valence-corrected chi connectivity index (χ1v) is 12.7. The molecule has 0 N–H and O–H groups in total. The molecule has 0 aromatic heterocycles. The highest BCUT2D eigenvalue weighted by atomic mass is 79.9. The second kappa shape index (κ2) is 11.0. The highest BCUT2D eigenvalue weighted by molar-refractivity contribution is 9.10. The Kier molecular flexibility index (Phi) is 8.42. The Morgan fingerprint density at radius 3 is 1.41 bits per heavy atom. The number of hydrogen-bond acceptors (Lipinski definition) is 2. The van der Waals surface area contributed by atoms with Gasteiger partial charge >= 0.3 is 0 Å². The lowest BCUT2D eigenvalue weighted by atomic mass is 9.81. The van der Waals surface area contributed by atoms with Crippen LogP contribution >= 0.6 is 15.9 Å². The standard InChI is InChI=1S/C29H37BrN2/c1-7-31(8-2)25-17-11-21(5)27(19-25)29(23-13-15-24(30)16-14-23)28-20-26(18-12-22(28)6)32(9-3)10-4/h11-20,29H,7-10H2,1-6H3. The van der Waals surface area contributed by atoms with Gasteiger partial charge in [0.2, 0.25) is 0 Å². The summed E-state index contributed by atoms with van der Waals surface area (Å²) in [6.07, 6.45) is 0. The van der Waals surface area contributed by atoms with Gasteiger partial charge in [0.15, 0.2) is 0 Å². The van der Waals surface area contributed by atoms with E-state index in [-0.39, 0.29) is 5.92 Å². The monoisotopic (exact) mass is 492 g/mol. The Bertz CT molecular complexity index is 956. The van der Waals surface area contributed by atoms with Gasteiger partial charge in [-0.05, 0) is 106 Å². The Morgan fingerprint density at radius 1 is 0.625 bits per heavy atom. The topological polar surface area (TPSA) is 6.48 Å². The molecule has 0 amide bonds. The quantitative estimate of drug-likeness (QED) is 0.279. The zero-order chi connectivity index (χ0) is 23.3. The molecule has 0 bridgehead atoms. The van der Waals surface area contributed by atoms with Crippen LogP contribution in [0.2, 0.25) is 0 Å². The Hall–Kier alpha value is -2.26. The molecule has 170 valence electrons. The average Bonchev–Trinajstić information content (AvgIpc) is 2.80. The van der Waals surface area contributed by atoms with Crippen LogP contribution in [0.15, 0.2) is 65.1 Å². The average molecular weight is 494 g/mol. The maximum atomic E-state index is 3.62. The lowest BCUT2D eigenvalue weighted by Gasteiger charge is -2.28. The summed E-state index contributed by atoms with van der Waals surface area (Å²) in [7, 11) is 0. The van der Waals surface area contributed by atoms with Crippen molar-refractivity contribution in [1.29, 1.82) is 0 Å². The van der Waals surface area contributed by atoms with Crippen LogP contribution < -0.4 is 9.80 Å². The van der Waals surface area contributed by atoms with Crippen LogP contribution in [0.25, 0.3) is 0 Å². The molecule has 0 saturated heterocycles. The summed E-state index contributed by atoms with van der Waals surface area (Å²) < 4.78 is 1.11. The number of hydrogen-bond donors (Lipinski definition) is 0. The maximum absolute atomic E-state index is 3.62. The van der Waals surface area contributed by atoms with Crippen molar-refractivity contribution in [1.82, 2.24) is 0 Å². The van der Waals surface area contributed by atoms with E-state index in [2.05, 4.69) is 128 Å².